The van der Waals surface area contributed by atoms with Gasteiger partial charge in [0.15, 0.2) is 5.75 Å². The van der Waals surface area contributed by atoms with Crippen molar-refractivity contribution < 1.29 is 14.6 Å². The van der Waals surface area contributed by atoms with Crippen molar-refractivity contribution >= 4 is 11.8 Å². The molecule has 1 aliphatic rings. The van der Waals surface area contributed by atoms with Crippen LogP contribution in [0.2, 0.25) is 0 Å². The van der Waals surface area contributed by atoms with E-state index in [4.69, 9.17) is 9.84 Å². The number of hydrogen-bond donors (Lipinski definition) is 2. The summed E-state index contributed by atoms with van der Waals surface area (Å²) >= 11 is 0. The number of benzene rings is 1. The van der Waals surface area contributed by atoms with Crippen LogP contribution in [0.5, 0.6) is 5.75 Å². The van der Waals surface area contributed by atoms with E-state index >= 15 is 0 Å². The Kier molecular flexibility index (Phi) is 2.22. The SMILES string of the molecule is Cn1cc2c(n1)-c1cccc(NC(=O)O)c1OC2. The third-order valence-electron chi connectivity index (χ3n) is 2.79. The molecule has 2 heterocycles. The van der Waals surface area contributed by atoms with Crippen molar-refractivity contribution in [2.24, 2.45) is 7.05 Å². The molecular weight excluding hydrogens is 234 g/mol. The van der Waals surface area contributed by atoms with Gasteiger partial charge in [-0.25, -0.2) is 4.79 Å². The lowest BCUT2D eigenvalue weighted by molar-refractivity contribution is 0.209. The molecule has 1 aromatic heterocycles. The van der Waals surface area contributed by atoms with Gasteiger partial charge in [0.05, 0.1) is 5.69 Å². The molecule has 1 amide bonds. The lowest BCUT2D eigenvalue weighted by Crippen LogP contribution is -2.11. The molecule has 0 fully saturated rings. The number of fused-ring (bicyclic) bond motifs is 3. The molecule has 0 bridgehead atoms. The van der Waals surface area contributed by atoms with Crippen molar-refractivity contribution in [3.63, 3.8) is 0 Å². The summed E-state index contributed by atoms with van der Waals surface area (Å²) in [5.74, 6) is 0.533. The van der Waals surface area contributed by atoms with E-state index in [2.05, 4.69) is 10.4 Å². The number of anilines is 1. The molecule has 1 aliphatic heterocycles. The Labute approximate surface area is 103 Å². The van der Waals surface area contributed by atoms with E-state index in [-0.39, 0.29) is 0 Å². The van der Waals surface area contributed by atoms with Crippen LogP contribution in [0.3, 0.4) is 0 Å². The third-order valence-corrected chi connectivity index (χ3v) is 2.79. The summed E-state index contributed by atoms with van der Waals surface area (Å²) in [4.78, 5) is 10.7. The molecule has 0 saturated carbocycles. The van der Waals surface area contributed by atoms with Crippen LogP contribution in [0.1, 0.15) is 5.56 Å². The van der Waals surface area contributed by atoms with Crippen molar-refractivity contribution in [2.75, 3.05) is 5.32 Å². The summed E-state index contributed by atoms with van der Waals surface area (Å²) in [6.07, 6.45) is 0.786. The number of para-hydroxylation sites is 1. The minimum atomic E-state index is -1.11. The maximum absolute atomic E-state index is 10.7. The number of hydrogen-bond acceptors (Lipinski definition) is 3. The summed E-state index contributed by atoms with van der Waals surface area (Å²) in [7, 11) is 1.84. The summed E-state index contributed by atoms with van der Waals surface area (Å²) in [6.45, 7) is 0.397. The molecule has 3 rings (SSSR count). The number of aromatic nitrogens is 2. The van der Waals surface area contributed by atoms with Gasteiger partial charge < -0.3 is 9.84 Å². The zero-order valence-corrected chi connectivity index (χ0v) is 9.67. The first-order valence-corrected chi connectivity index (χ1v) is 5.44. The van der Waals surface area contributed by atoms with Crippen molar-refractivity contribution in [1.29, 1.82) is 0 Å². The highest BCUT2D eigenvalue weighted by Crippen LogP contribution is 2.41. The third kappa shape index (κ3) is 1.58. The van der Waals surface area contributed by atoms with Crippen LogP contribution in [0.4, 0.5) is 10.5 Å². The molecule has 0 aliphatic carbocycles. The molecular formula is C12H11N3O3. The normalized spacial score (nSPS) is 12.3. The smallest absolute Gasteiger partial charge is 0.409 e. The van der Waals surface area contributed by atoms with Crippen LogP contribution in [0.15, 0.2) is 24.4 Å². The lowest BCUT2D eigenvalue weighted by Gasteiger charge is -2.19. The largest absolute Gasteiger partial charge is 0.486 e. The maximum atomic E-state index is 10.7. The number of carboxylic acid groups (broad SMARTS) is 1. The molecule has 0 radical (unpaired) electrons. The molecule has 18 heavy (non-hydrogen) atoms. The van der Waals surface area contributed by atoms with Crippen LogP contribution in [0.25, 0.3) is 11.3 Å². The maximum Gasteiger partial charge on any atom is 0.409 e. The Morgan fingerprint density at radius 2 is 2.39 bits per heavy atom. The Hall–Kier alpha value is -2.50. The first kappa shape index (κ1) is 10.6. The lowest BCUT2D eigenvalue weighted by atomic mass is 10.0. The second-order valence-electron chi connectivity index (χ2n) is 4.08. The van der Waals surface area contributed by atoms with Gasteiger partial charge in [0.1, 0.15) is 12.3 Å². The molecule has 6 nitrogen and oxygen atoms in total. The van der Waals surface area contributed by atoms with Gasteiger partial charge in [-0.3, -0.25) is 10.00 Å². The van der Waals surface area contributed by atoms with Gasteiger partial charge in [-0.2, -0.15) is 5.10 Å². The zero-order chi connectivity index (χ0) is 12.7. The van der Waals surface area contributed by atoms with E-state index < -0.39 is 6.09 Å². The van der Waals surface area contributed by atoms with Crippen LogP contribution in [-0.2, 0) is 13.7 Å². The molecule has 0 unspecified atom stereocenters. The Morgan fingerprint density at radius 1 is 1.56 bits per heavy atom. The molecule has 92 valence electrons. The second kappa shape index (κ2) is 3.76. The van der Waals surface area contributed by atoms with Gasteiger partial charge in [-0.15, -0.1) is 0 Å². The number of nitrogens with zero attached hydrogens (tertiary/aromatic N) is 2. The van der Waals surface area contributed by atoms with Crippen LogP contribution < -0.4 is 10.1 Å². The monoisotopic (exact) mass is 245 g/mol. The van der Waals surface area contributed by atoms with Gasteiger partial charge >= 0.3 is 6.09 Å². The van der Waals surface area contributed by atoms with Gasteiger partial charge in [-0.05, 0) is 12.1 Å². The Morgan fingerprint density at radius 3 is 3.17 bits per heavy atom. The highest BCUT2D eigenvalue weighted by Gasteiger charge is 2.23. The fourth-order valence-corrected chi connectivity index (χ4v) is 2.11. The standard InChI is InChI=1S/C12H11N3O3/c1-15-5-7-6-18-11-8(10(7)14-15)3-2-4-9(11)13-12(16)17/h2-5,13H,6H2,1H3,(H,16,17). The number of ether oxygens (including phenoxy) is 1. The summed E-state index contributed by atoms with van der Waals surface area (Å²) < 4.78 is 7.34. The quantitative estimate of drug-likeness (QED) is 0.806. The van der Waals surface area contributed by atoms with E-state index in [9.17, 15) is 4.79 Å². The summed E-state index contributed by atoms with van der Waals surface area (Å²) in [6, 6.07) is 5.31. The Balaban J connectivity index is 2.14. The van der Waals surface area contributed by atoms with Crippen LogP contribution in [0, 0.1) is 0 Å². The number of nitrogens with one attached hydrogen (secondary N) is 1. The molecule has 2 aromatic rings. The van der Waals surface area contributed by atoms with Crippen LogP contribution >= 0.6 is 0 Å². The topological polar surface area (TPSA) is 76.4 Å². The van der Waals surface area contributed by atoms with Crippen molar-refractivity contribution in [3.05, 3.63) is 30.0 Å². The molecule has 2 N–H and O–H groups in total. The number of carbonyl (C=O) groups is 1. The zero-order valence-electron chi connectivity index (χ0n) is 9.67. The van der Waals surface area contributed by atoms with E-state index in [0.717, 1.165) is 16.8 Å². The molecule has 0 atom stereocenters. The highest BCUT2D eigenvalue weighted by molar-refractivity contribution is 5.89. The average molecular weight is 245 g/mol. The van der Waals surface area contributed by atoms with Gasteiger partial charge in [0.25, 0.3) is 0 Å². The van der Waals surface area contributed by atoms with E-state index in [1.165, 1.54) is 0 Å². The fraction of sp³-hybridized carbons (Fsp3) is 0.167. The van der Waals surface area contributed by atoms with E-state index in [0.29, 0.717) is 18.0 Å². The molecule has 6 heteroatoms. The predicted octanol–water partition coefficient (Wildman–Crippen LogP) is 2.07. The van der Waals surface area contributed by atoms with Crippen molar-refractivity contribution in [3.8, 4) is 17.0 Å². The van der Waals surface area contributed by atoms with Crippen LogP contribution in [-0.4, -0.2) is 21.0 Å². The minimum absolute atomic E-state index is 0.397. The molecule has 0 spiro atoms. The average Bonchev–Trinajstić information content (AvgIpc) is 2.69. The van der Waals surface area contributed by atoms with Crippen molar-refractivity contribution in [2.45, 2.75) is 6.61 Å². The van der Waals surface area contributed by atoms with Crippen molar-refractivity contribution in [1.82, 2.24) is 9.78 Å². The first-order valence-electron chi connectivity index (χ1n) is 5.44. The predicted molar refractivity (Wildman–Crippen MR) is 64.6 cm³/mol. The first-order chi connectivity index (χ1) is 8.65. The highest BCUT2D eigenvalue weighted by atomic mass is 16.5. The fourth-order valence-electron chi connectivity index (χ4n) is 2.11. The summed E-state index contributed by atoms with van der Waals surface area (Å²) in [5, 5.41) is 15.5. The minimum Gasteiger partial charge on any atom is -0.486 e. The molecule has 0 saturated heterocycles. The second-order valence-corrected chi connectivity index (χ2v) is 4.08. The van der Waals surface area contributed by atoms with Gasteiger partial charge in [0, 0.05) is 24.4 Å². The molecule has 1 aromatic carbocycles. The van der Waals surface area contributed by atoms with E-state index in [1.54, 1.807) is 16.8 Å². The number of aryl methyl sites for hydroxylation is 1. The van der Waals surface area contributed by atoms with Gasteiger partial charge in [0.2, 0.25) is 0 Å². The summed E-state index contributed by atoms with van der Waals surface area (Å²) in [5.41, 5.74) is 3.09. The number of rotatable bonds is 1. The Bertz CT molecular complexity index is 633. The number of amides is 1. The van der Waals surface area contributed by atoms with Gasteiger partial charge in [-0.1, -0.05) is 6.07 Å². The van der Waals surface area contributed by atoms with E-state index in [1.807, 2.05) is 19.3 Å².